The summed E-state index contributed by atoms with van der Waals surface area (Å²) >= 11 is 12.0. The summed E-state index contributed by atoms with van der Waals surface area (Å²) in [5, 5.41) is 7.38. The number of morpholine rings is 1. The van der Waals surface area contributed by atoms with Crippen molar-refractivity contribution in [3.05, 3.63) is 34.6 Å². The van der Waals surface area contributed by atoms with Crippen molar-refractivity contribution < 1.29 is 4.74 Å². The monoisotopic (exact) mass is 396 g/mol. The average Bonchev–Trinajstić information content (AvgIpc) is 2.65. The van der Waals surface area contributed by atoms with Crippen LogP contribution in [-0.4, -0.2) is 54.3 Å². The Labute approximate surface area is 162 Å². The van der Waals surface area contributed by atoms with Gasteiger partial charge in [0.2, 0.25) is 0 Å². The van der Waals surface area contributed by atoms with Crippen molar-refractivity contribution in [2.24, 2.45) is 0 Å². The van der Waals surface area contributed by atoms with Crippen molar-refractivity contribution in [3.63, 3.8) is 0 Å². The van der Waals surface area contributed by atoms with Gasteiger partial charge in [0, 0.05) is 25.3 Å². The van der Waals surface area contributed by atoms with Crippen LogP contribution in [0.4, 0.5) is 23.0 Å². The number of nitrogens with zero attached hydrogens (tertiary/aromatic N) is 3. The van der Waals surface area contributed by atoms with Crippen molar-refractivity contribution >= 4 is 46.2 Å². The minimum atomic E-state index is 0.463. The molecule has 1 aromatic carbocycles. The highest BCUT2D eigenvalue weighted by molar-refractivity contribution is 6.42. The molecule has 3 rings (SSSR count). The van der Waals surface area contributed by atoms with Crippen LogP contribution >= 0.6 is 23.2 Å². The van der Waals surface area contributed by atoms with Gasteiger partial charge in [-0.15, -0.1) is 0 Å². The van der Waals surface area contributed by atoms with Crippen molar-refractivity contribution in [3.8, 4) is 0 Å². The molecule has 0 atom stereocenters. The summed E-state index contributed by atoms with van der Waals surface area (Å²) in [4.78, 5) is 10.8. The van der Waals surface area contributed by atoms with E-state index < -0.39 is 0 Å². The molecule has 2 aromatic rings. The highest BCUT2D eigenvalue weighted by Crippen LogP contribution is 2.29. The zero-order valence-corrected chi connectivity index (χ0v) is 15.9. The highest BCUT2D eigenvalue weighted by Gasteiger charge is 2.11. The lowest BCUT2D eigenvalue weighted by molar-refractivity contribution is 0.0378. The predicted molar refractivity (Wildman–Crippen MR) is 107 cm³/mol. The van der Waals surface area contributed by atoms with Crippen LogP contribution in [0.2, 0.25) is 10.0 Å². The third-order valence-corrected chi connectivity index (χ3v) is 4.85. The molecule has 0 saturated carbocycles. The standard InChI is InChI=1S/C17H22Cl2N6O/c18-13-3-2-12(10-14(13)19)24-17-15(20)16(22-11-23-17)21-4-1-5-25-6-8-26-9-7-25/h2-3,10-11H,1,4-9,20H2,(H2,21,22,23,24). The predicted octanol–water partition coefficient (Wildman–Crippen LogP) is 3.24. The Morgan fingerprint density at radius 2 is 1.88 bits per heavy atom. The Hall–Kier alpha value is -1.80. The molecule has 0 amide bonds. The Morgan fingerprint density at radius 1 is 1.12 bits per heavy atom. The molecule has 0 radical (unpaired) electrons. The molecule has 140 valence electrons. The molecule has 1 aromatic heterocycles. The SMILES string of the molecule is Nc1c(NCCCN2CCOCC2)ncnc1Nc1ccc(Cl)c(Cl)c1. The van der Waals surface area contributed by atoms with Gasteiger partial charge in [0.05, 0.1) is 23.3 Å². The van der Waals surface area contributed by atoms with Crippen LogP contribution in [0.3, 0.4) is 0 Å². The third-order valence-electron chi connectivity index (χ3n) is 4.11. The molecule has 7 nitrogen and oxygen atoms in total. The molecule has 2 heterocycles. The molecule has 0 unspecified atom stereocenters. The molecule has 4 N–H and O–H groups in total. The van der Waals surface area contributed by atoms with E-state index in [-0.39, 0.29) is 0 Å². The van der Waals surface area contributed by atoms with E-state index in [0.717, 1.165) is 51.5 Å². The molecule has 26 heavy (non-hydrogen) atoms. The maximum Gasteiger partial charge on any atom is 0.159 e. The molecule has 9 heteroatoms. The molecular formula is C17H22Cl2N6O. The lowest BCUT2D eigenvalue weighted by Crippen LogP contribution is -2.37. The van der Waals surface area contributed by atoms with Crippen LogP contribution < -0.4 is 16.4 Å². The molecule has 1 aliphatic rings. The van der Waals surface area contributed by atoms with E-state index in [1.54, 1.807) is 12.1 Å². The summed E-state index contributed by atoms with van der Waals surface area (Å²) in [5.74, 6) is 1.14. The number of rotatable bonds is 7. The van der Waals surface area contributed by atoms with Crippen LogP contribution in [-0.2, 0) is 4.74 Å². The summed E-state index contributed by atoms with van der Waals surface area (Å²) in [5.41, 5.74) is 7.40. The molecule has 0 spiro atoms. The highest BCUT2D eigenvalue weighted by atomic mass is 35.5. The topological polar surface area (TPSA) is 88.3 Å². The van der Waals surface area contributed by atoms with E-state index in [1.165, 1.54) is 6.33 Å². The van der Waals surface area contributed by atoms with Gasteiger partial charge in [0.15, 0.2) is 11.6 Å². The summed E-state index contributed by atoms with van der Waals surface area (Å²) < 4.78 is 5.35. The van der Waals surface area contributed by atoms with Gasteiger partial charge in [-0.1, -0.05) is 23.2 Å². The summed E-state index contributed by atoms with van der Waals surface area (Å²) in [6.45, 7) is 5.42. The fraction of sp³-hybridized carbons (Fsp3) is 0.412. The number of hydrogen-bond donors (Lipinski definition) is 3. The maximum absolute atomic E-state index is 6.19. The maximum atomic E-state index is 6.19. The van der Waals surface area contributed by atoms with Gasteiger partial charge in [0.25, 0.3) is 0 Å². The molecule has 1 aliphatic heterocycles. The van der Waals surface area contributed by atoms with Crippen LogP contribution in [0.5, 0.6) is 0 Å². The second-order valence-corrected chi connectivity index (χ2v) is 6.79. The lowest BCUT2D eigenvalue weighted by atomic mass is 10.3. The first-order chi connectivity index (χ1) is 12.6. The van der Waals surface area contributed by atoms with E-state index in [9.17, 15) is 0 Å². The van der Waals surface area contributed by atoms with Crippen LogP contribution in [0.25, 0.3) is 0 Å². The van der Waals surface area contributed by atoms with Crippen molar-refractivity contribution in [2.45, 2.75) is 6.42 Å². The quantitative estimate of drug-likeness (QED) is 0.618. The van der Waals surface area contributed by atoms with Gasteiger partial charge in [-0.05, 0) is 31.2 Å². The molecular weight excluding hydrogens is 375 g/mol. The van der Waals surface area contributed by atoms with Gasteiger partial charge in [-0.2, -0.15) is 0 Å². The third kappa shape index (κ3) is 5.11. The first-order valence-corrected chi connectivity index (χ1v) is 9.25. The minimum Gasteiger partial charge on any atom is -0.393 e. The average molecular weight is 397 g/mol. The van der Waals surface area contributed by atoms with E-state index in [2.05, 4.69) is 25.5 Å². The summed E-state index contributed by atoms with van der Waals surface area (Å²) in [6.07, 6.45) is 2.47. The Bertz CT molecular complexity index is 739. The number of nitrogens with one attached hydrogen (secondary N) is 2. The van der Waals surface area contributed by atoms with Gasteiger partial charge in [-0.25, -0.2) is 9.97 Å². The number of hydrogen-bond acceptors (Lipinski definition) is 7. The number of benzene rings is 1. The van der Waals surface area contributed by atoms with Crippen LogP contribution in [0.1, 0.15) is 6.42 Å². The van der Waals surface area contributed by atoms with Crippen molar-refractivity contribution in [1.29, 1.82) is 0 Å². The first kappa shape index (κ1) is 19.0. The largest absolute Gasteiger partial charge is 0.393 e. The van der Waals surface area contributed by atoms with Crippen molar-refractivity contribution in [1.82, 2.24) is 14.9 Å². The Kier molecular flexibility index (Phi) is 6.73. The lowest BCUT2D eigenvalue weighted by Gasteiger charge is -2.26. The van der Waals surface area contributed by atoms with Crippen LogP contribution in [0, 0.1) is 0 Å². The number of nitrogen functional groups attached to an aromatic ring is 1. The second-order valence-electron chi connectivity index (χ2n) is 5.97. The zero-order valence-electron chi connectivity index (χ0n) is 14.3. The first-order valence-electron chi connectivity index (χ1n) is 8.50. The second kappa shape index (κ2) is 9.23. The normalized spacial score (nSPS) is 15.0. The smallest absolute Gasteiger partial charge is 0.159 e. The minimum absolute atomic E-state index is 0.463. The number of ether oxygens (including phenoxy) is 1. The number of aromatic nitrogens is 2. The number of anilines is 4. The van der Waals surface area contributed by atoms with E-state index in [4.69, 9.17) is 33.7 Å². The Morgan fingerprint density at radius 3 is 2.65 bits per heavy atom. The Balaban J connectivity index is 1.55. The van der Waals surface area contributed by atoms with Gasteiger partial charge in [-0.3, -0.25) is 4.90 Å². The summed E-state index contributed by atoms with van der Waals surface area (Å²) in [7, 11) is 0. The van der Waals surface area contributed by atoms with E-state index in [0.29, 0.717) is 27.4 Å². The fourth-order valence-corrected chi connectivity index (χ4v) is 2.98. The molecule has 0 bridgehead atoms. The van der Waals surface area contributed by atoms with Gasteiger partial charge >= 0.3 is 0 Å². The summed E-state index contributed by atoms with van der Waals surface area (Å²) in [6, 6.07) is 5.25. The number of nitrogens with two attached hydrogens (primary N) is 1. The van der Waals surface area contributed by atoms with Crippen molar-refractivity contribution in [2.75, 3.05) is 55.8 Å². The fourth-order valence-electron chi connectivity index (χ4n) is 2.68. The van der Waals surface area contributed by atoms with E-state index >= 15 is 0 Å². The molecule has 1 saturated heterocycles. The molecule has 0 aliphatic carbocycles. The zero-order chi connectivity index (χ0) is 18.4. The van der Waals surface area contributed by atoms with Gasteiger partial charge < -0.3 is 21.1 Å². The van der Waals surface area contributed by atoms with Gasteiger partial charge in [0.1, 0.15) is 12.0 Å². The van der Waals surface area contributed by atoms with Crippen LogP contribution in [0.15, 0.2) is 24.5 Å². The van der Waals surface area contributed by atoms with E-state index in [1.807, 2.05) is 6.07 Å². The number of halogens is 2. The molecule has 1 fully saturated rings.